The molecule has 1 fully saturated rings. The lowest BCUT2D eigenvalue weighted by atomic mass is 10.1. The fourth-order valence-electron chi connectivity index (χ4n) is 1.72. The predicted octanol–water partition coefficient (Wildman–Crippen LogP) is 2.23. The molecule has 0 spiro atoms. The molecule has 1 rings (SSSR count). The van der Waals surface area contributed by atoms with Gasteiger partial charge in [-0.05, 0) is 39.3 Å². The van der Waals surface area contributed by atoms with Crippen LogP contribution >= 0.6 is 23.0 Å². The van der Waals surface area contributed by atoms with Crippen LogP contribution in [0, 0.1) is 0 Å². The minimum atomic E-state index is 0.835. The van der Waals surface area contributed by atoms with Crippen LogP contribution in [0.3, 0.4) is 0 Å². The van der Waals surface area contributed by atoms with Crippen LogP contribution < -0.4 is 0 Å². The maximum absolute atomic E-state index is 4.99. The lowest BCUT2D eigenvalue weighted by Crippen LogP contribution is -2.24. The predicted molar refractivity (Wildman–Crippen MR) is 54.9 cm³/mol. The molecule has 1 saturated heterocycles. The third kappa shape index (κ3) is 3.25. The van der Waals surface area contributed by atoms with Crippen molar-refractivity contribution in [2.24, 2.45) is 0 Å². The zero-order chi connectivity index (χ0) is 8.10. The van der Waals surface area contributed by atoms with Crippen molar-refractivity contribution in [2.75, 3.05) is 20.2 Å². The quantitative estimate of drug-likeness (QED) is 0.573. The molecule has 1 atom stereocenters. The maximum Gasteiger partial charge on any atom is 0.109 e. The van der Waals surface area contributed by atoms with Gasteiger partial charge in [-0.1, -0.05) is 0 Å². The number of nitrogens with zero attached hydrogens (tertiary/aromatic N) is 1. The summed E-state index contributed by atoms with van der Waals surface area (Å²) in [5.74, 6) is 0. The van der Waals surface area contributed by atoms with Crippen LogP contribution in [0.4, 0.5) is 0 Å². The molecule has 0 aromatic carbocycles. The SMILES string of the molecule is CN1CCCC1CCCOI. The Labute approximate surface area is 83.0 Å². The van der Waals surface area contributed by atoms with Gasteiger partial charge in [0.1, 0.15) is 23.0 Å². The monoisotopic (exact) mass is 269 g/mol. The average Bonchev–Trinajstić information content (AvgIpc) is 2.37. The van der Waals surface area contributed by atoms with Gasteiger partial charge in [-0.3, -0.25) is 0 Å². The lowest BCUT2D eigenvalue weighted by molar-refractivity contribution is 0.277. The standard InChI is InChI=1S/C8H16INO/c1-10-6-2-4-8(10)5-3-7-11-9/h8H,2-7H2,1H3. The van der Waals surface area contributed by atoms with Crippen LogP contribution in [-0.4, -0.2) is 31.1 Å². The van der Waals surface area contributed by atoms with Crippen molar-refractivity contribution >= 4 is 23.0 Å². The molecular formula is C8H16INO. The number of hydrogen-bond acceptors (Lipinski definition) is 2. The van der Waals surface area contributed by atoms with E-state index in [2.05, 4.69) is 11.9 Å². The van der Waals surface area contributed by atoms with Gasteiger partial charge >= 0.3 is 0 Å². The highest BCUT2D eigenvalue weighted by molar-refractivity contribution is 14.1. The first-order valence-corrected chi connectivity index (χ1v) is 5.16. The van der Waals surface area contributed by atoms with Gasteiger partial charge in [0.15, 0.2) is 0 Å². The van der Waals surface area contributed by atoms with Crippen molar-refractivity contribution in [3.8, 4) is 0 Å². The Morgan fingerprint density at radius 3 is 3.00 bits per heavy atom. The number of rotatable bonds is 4. The highest BCUT2D eigenvalue weighted by Crippen LogP contribution is 2.18. The van der Waals surface area contributed by atoms with Gasteiger partial charge in [0.25, 0.3) is 0 Å². The molecule has 1 unspecified atom stereocenters. The number of halogens is 1. The van der Waals surface area contributed by atoms with Crippen LogP contribution in [-0.2, 0) is 3.07 Å². The Hall–Kier alpha value is 0.650. The van der Waals surface area contributed by atoms with Gasteiger partial charge in [0.2, 0.25) is 0 Å². The van der Waals surface area contributed by atoms with Crippen molar-refractivity contribution < 1.29 is 3.07 Å². The Morgan fingerprint density at radius 1 is 1.64 bits per heavy atom. The molecule has 0 radical (unpaired) electrons. The zero-order valence-electron chi connectivity index (χ0n) is 7.05. The molecule has 0 aromatic heterocycles. The van der Waals surface area contributed by atoms with E-state index in [1.54, 1.807) is 0 Å². The Bertz CT molecular complexity index is 110. The molecule has 2 nitrogen and oxygen atoms in total. The molecule has 3 heteroatoms. The summed E-state index contributed by atoms with van der Waals surface area (Å²) in [5, 5.41) is 0. The number of likely N-dealkylation sites (tertiary alicyclic amines) is 1. The van der Waals surface area contributed by atoms with Gasteiger partial charge in [0, 0.05) is 6.04 Å². The topological polar surface area (TPSA) is 12.5 Å². The van der Waals surface area contributed by atoms with E-state index in [4.69, 9.17) is 3.07 Å². The molecule has 11 heavy (non-hydrogen) atoms. The van der Waals surface area contributed by atoms with Gasteiger partial charge in [-0.15, -0.1) is 0 Å². The van der Waals surface area contributed by atoms with E-state index in [0.29, 0.717) is 0 Å². The largest absolute Gasteiger partial charge is 0.316 e. The maximum atomic E-state index is 4.99. The molecule has 0 N–H and O–H groups in total. The first-order chi connectivity index (χ1) is 5.34. The molecule has 0 aliphatic carbocycles. The van der Waals surface area contributed by atoms with Crippen LogP contribution in [0.15, 0.2) is 0 Å². The molecule has 1 heterocycles. The Balaban J connectivity index is 2.05. The van der Waals surface area contributed by atoms with E-state index in [1.807, 2.05) is 23.0 Å². The highest BCUT2D eigenvalue weighted by Gasteiger charge is 2.19. The molecule has 1 aliphatic rings. The van der Waals surface area contributed by atoms with Gasteiger partial charge in [-0.2, -0.15) is 0 Å². The van der Waals surface area contributed by atoms with E-state index in [0.717, 1.165) is 12.6 Å². The molecule has 1 aliphatic heterocycles. The van der Waals surface area contributed by atoms with Crippen LogP contribution in [0.2, 0.25) is 0 Å². The third-order valence-electron chi connectivity index (χ3n) is 2.43. The summed E-state index contributed by atoms with van der Waals surface area (Å²) >= 11 is 1.97. The first-order valence-electron chi connectivity index (χ1n) is 4.28. The fraction of sp³-hybridized carbons (Fsp3) is 1.00. The fourth-order valence-corrected chi connectivity index (χ4v) is 2.03. The second-order valence-electron chi connectivity index (χ2n) is 3.23. The van der Waals surface area contributed by atoms with Gasteiger partial charge < -0.3 is 7.97 Å². The van der Waals surface area contributed by atoms with Crippen LogP contribution in [0.5, 0.6) is 0 Å². The number of hydrogen-bond donors (Lipinski definition) is 0. The Kier molecular flexibility index (Phi) is 4.71. The minimum Gasteiger partial charge on any atom is -0.316 e. The molecule has 66 valence electrons. The lowest BCUT2D eigenvalue weighted by Gasteiger charge is -2.18. The van der Waals surface area contributed by atoms with E-state index >= 15 is 0 Å². The van der Waals surface area contributed by atoms with E-state index in [9.17, 15) is 0 Å². The summed E-state index contributed by atoms with van der Waals surface area (Å²) in [5.41, 5.74) is 0. The zero-order valence-corrected chi connectivity index (χ0v) is 9.21. The summed E-state index contributed by atoms with van der Waals surface area (Å²) in [4.78, 5) is 2.47. The van der Waals surface area contributed by atoms with E-state index in [1.165, 1.54) is 32.2 Å². The summed E-state index contributed by atoms with van der Waals surface area (Å²) in [6.45, 7) is 2.20. The first kappa shape index (κ1) is 9.74. The normalized spacial score (nSPS) is 26.2. The van der Waals surface area contributed by atoms with Crippen LogP contribution in [0.1, 0.15) is 25.7 Å². The van der Waals surface area contributed by atoms with E-state index < -0.39 is 0 Å². The second-order valence-corrected chi connectivity index (χ2v) is 3.85. The smallest absolute Gasteiger partial charge is 0.109 e. The minimum absolute atomic E-state index is 0.835. The summed E-state index contributed by atoms with van der Waals surface area (Å²) in [6.07, 6.45) is 5.28. The van der Waals surface area contributed by atoms with Crippen molar-refractivity contribution in [3.05, 3.63) is 0 Å². The Morgan fingerprint density at radius 2 is 2.45 bits per heavy atom. The van der Waals surface area contributed by atoms with E-state index in [-0.39, 0.29) is 0 Å². The van der Waals surface area contributed by atoms with Gasteiger partial charge in [-0.25, -0.2) is 0 Å². The summed E-state index contributed by atoms with van der Waals surface area (Å²) in [6, 6.07) is 0.835. The molecule has 0 aromatic rings. The highest BCUT2D eigenvalue weighted by atomic mass is 127. The average molecular weight is 269 g/mol. The third-order valence-corrected chi connectivity index (χ3v) is 2.87. The second kappa shape index (κ2) is 5.32. The molecule has 0 bridgehead atoms. The molecule has 0 amide bonds. The molecular weight excluding hydrogens is 253 g/mol. The van der Waals surface area contributed by atoms with Gasteiger partial charge in [0.05, 0.1) is 6.61 Å². The van der Waals surface area contributed by atoms with Crippen molar-refractivity contribution in [3.63, 3.8) is 0 Å². The summed E-state index contributed by atoms with van der Waals surface area (Å²) in [7, 11) is 2.22. The molecule has 0 saturated carbocycles. The summed E-state index contributed by atoms with van der Waals surface area (Å²) < 4.78 is 4.99. The van der Waals surface area contributed by atoms with Crippen molar-refractivity contribution in [1.82, 2.24) is 4.90 Å². The van der Waals surface area contributed by atoms with Crippen molar-refractivity contribution in [2.45, 2.75) is 31.7 Å². The van der Waals surface area contributed by atoms with Crippen molar-refractivity contribution in [1.29, 1.82) is 0 Å². The van der Waals surface area contributed by atoms with Crippen LogP contribution in [0.25, 0.3) is 0 Å².